The molecule has 1 N–H and O–H groups in total. The second-order valence-electron chi connectivity index (χ2n) is 7.80. The van der Waals surface area contributed by atoms with Crippen molar-refractivity contribution in [3.05, 3.63) is 77.3 Å². The summed E-state index contributed by atoms with van der Waals surface area (Å²) in [5.74, 6) is -2.35. The maximum Gasteiger partial charge on any atom is 0.267 e. The highest BCUT2D eigenvalue weighted by Crippen LogP contribution is 2.37. The van der Waals surface area contributed by atoms with E-state index in [9.17, 15) is 17.2 Å². The Kier molecular flexibility index (Phi) is 5.78. The van der Waals surface area contributed by atoms with Crippen molar-refractivity contribution < 1.29 is 17.2 Å². The van der Waals surface area contributed by atoms with E-state index in [0.717, 1.165) is 55.3 Å². The molecule has 0 aliphatic carbocycles. The largest absolute Gasteiger partial charge is 0.279 e. The summed E-state index contributed by atoms with van der Waals surface area (Å²) in [5.41, 5.74) is 3.76. The van der Waals surface area contributed by atoms with Crippen LogP contribution in [-0.2, 0) is 23.0 Å². The maximum atomic E-state index is 14.1. The fourth-order valence-electron chi connectivity index (χ4n) is 4.11. The second kappa shape index (κ2) is 8.77. The van der Waals surface area contributed by atoms with Crippen molar-refractivity contribution in [2.24, 2.45) is 0 Å². The standard InChI is InChI=1S/C23H18ClF2N5O2S/c24-23-27-11-10-18(28-23)20-19-9-1-2-12-31(19)29-21(20)14-5-3-6-15(13-14)30-34(32,33)22-16(25)7-4-8-17(22)26/h3-8,10-11,13,30H,1-2,9,12H2. The molecule has 1 aliphatic heterocycles. The molecular weight excluding hydrogens is 484 g/mol. The lowest BCUT2D eigenvalue weighted by Gasteiger charge is -2.14. The smallest absolute Gasteiger partial charge is 0.267 e. The van der Waals surface area contributed by atoms with Crippen molar-refractivity contribution in [3.8, 4) is 22.5 Å². The van der Waals surface area contributed by atoms with E-state index in [1.54, 1.807) is 30.5 Å². The predicted octanol–water partition coefficient (Wildman–Crippen LogP) is 5.08. The number of hydrogen-bond acceptors (Lipinski definition) is 5. The molecule has 174 valence electrons. The molecule has 0 spiro atoms. The fourth-order valence-corrected chi connectivity index (χ4v) is 5.45. The molecule has 0 fully saturated rings. The van der Waals surface area contributed by atoms with Gasteiger partial charge in [0, 0.05) is 35.2 Å². The summed E-state index contributed by atoms with van der Waals surface area (Å²) in [6.07, 6.45) is 4.37. The SMILES string of the molecule is O=S(=O)(Nc1cccc(-c2nn3c(c2-c2ccnc(Cl)n2)CCCC3)c1)c1c(F)cccc1F. The van der Waals surface area contributed by atoms with Gasteiger partial charge in [-0.15, -0.1) is 0 Å². The number of benzene rings is 2. The average Bonchev–Trinajstić information content (AvgIpc) is 3.18. The second-order valence-corrected chi connectivity index (χ2v) is 9.76. The highest BCUT2D eigenvalue weighted by molar-refractivity contribution is 7.92. The molecular formula is C23H18ClF2N5O2S. The van der Waals surface area contributed by atoms with E-state index < -0.39 is 26.6 Å². The van der Waals surface area contributed by atoms with Crippen LogP contribution in [0.4, 0.5) is 14.5 Å². The van der Waals surface area contributed by atoms with E-state index in [2.05, 4.69) is 14.7 Å². The van der Waals surface area contributed by atoms with Crippen LogP contribution < -0.4 is 4.72 Å². The fraction of sp³-hybridized carbons (Fsp3) is 0.174. The first kappa shape index (κ1) is 22.4. The van der Waals surface area contributed by atoms with Crippen LogP contribution in [-0.4, -0.2) is 28.2 Å². The summed E-state index contributed by atoms with van der Waals surface area (Å²) in [4.78, 5) is 7.27. The lowest BCUT2D eigenvalue weighted by atomic mass is 9.99. The van der Waals surface area contributed by atoms with Gasteiger partial charge in [0.25, 0.3) is 10.0 Å². The Balaban J connectivity index is 1.59. The number of sulfonamides is 1. The summed E-state index contributed by atoms with van der Waals surface area (Å²) in [7, 11) is -4.51. The third-order valence-electron chi connectivity index (χ3n) is 5.55. The zero-order valence-electron chi connectivity index (χ0n) is 17.7. The third-order valence-corrected chi connectivity index (χ3v) is 7.16. The van der Waals surface area contributed by atoms with Gasteiger partial charge >= 0.3 is 0 Å². The highest BCUT2D eigenvalue weighted by atomic mass is 35.5. The van der Waals surface area contributed by atoms with E-state index in [-0.39, 0.29) is 11.0 Å². The van der Waals surface area contributed by atoms with Crippen LogP contribution in [0.2, 0.25) is 5.28 Å². The number of aromatic nitrogens is 4. The molecule has 2 aromatic heterocycles. The molecule has 3 heterocycles. The Morgan fingerprint density at radius 2 is 1.79 bits per heavy atom. The molecule has 0 atom stereocenters. The number of nitrogens with zero attached hydrogens (tertiary/aromatic N) is 4. The van der Waals surface area contributed by atoms with Crippen LogP contribution in [0.15, 0.2) is 59.6 Å². The van der Waals surface area contributed by atoms with Gasteiger partial charge in [-0.3, -0.25) is 9.40 Å². The van der Waals surface area contributed by atoms with Crippen molar-refractivity contribution in [1.82, 2.24) is 19.7 Å². The van der Waals surface area contributed by atoms with Gasteiger partial charge in [-0.1, -0.05) is 18.2 Å². The molecule has 0 unspecified atom stereocenters. The molecule has 2 aromatic carbocycles. The highest BCUT2D eigenvalue weighted by Gasteiger charge is 2.26. The summed E-state index contributed by atoms with van der Waals surface area (Å²) >= 11 is 6.04. The van der Waals surface area contributed by atoms with E-state index in [1.165, 1.54) is 6.07 Å². The summed E-state index contributed by atoms with van der Waals surface area (Å²) in [6.45, 7) is 0.750. The predicted molar refractivity (Wildman–Crippen MR) is 124 cm³/mol. The zero-order chi connectivity index (χ0) is 23.9. The lowest BCUT2D eigenvalue weighted by Crippen LogP contribution is -2.16. The van der Waals surface area contributed by atoms with Gasteiger partial charge in [-0.05, 0) is 61.2 Å². The molecule has 11 heteroatoms. The Labute approximate surface area is 199 Å². The first-order chi connectivity index (χ1) is 16.3. The van der Waals surface area contributed by atoms with Crippen molar-refractivity contribution in [3.63, 3.8) is 0 Å². The monoisotopic (exact) mass is 501 g/mol. The van der Waals surface area contributed by atoms with Gasteiger partial charge in [0.15, 0.2) is 4.90 Å². The number of anilines is 1. The van der Waals surface area contributed by atoms with Crippen molar-refractivity contribution >= 4 is 27.3 Å². The minimum atomic E-state index is -4.51. The third kappa shape index (κ3) is 4.14. The first-order valence-corrected chi connectivity index (χ1v) is 12.4. The van der Waals surface area contributed by atoms with Crippen LogP contribution >= 0.6 is 11.6 Å². The quantitative estimate of drug-likeness (QED) is 0.385. The minimum absolute atomic E-state index is 0.104. The van der Waals surface area contributed by atoms with Gasteiger partial charge in [0.1, 0.15) is 17.3 Å². The first-order valence-electron chi connectivity index (χ1n) is 10.5. The van der Waals surface area contributed by atoms with E-state index in [4.69, 9.17) is 16.7 Å². The number of fused-ring (bicyclic) bond motifs is 1. The molecule has 1 aliphatic rings. The Morgan fingerprint density at radius 1 is 1.03 bits per heavy atom. The van der Waals surface area contributed by atoms with Crippen LogP contribution in [0.5, 0.6) is 0 Å². The molecule has 7 nitrogen and oxygen atoms in total. The number of halogens is 3. The van der Waals surface area contributed by atoms with Gasteiger partial charge in [-0.25, -0.2) is 27.2 Å². The van der Waals surface area contributed by atoms with Gasteiger partial charge < -0.3 is 0 Å². The lowest BCUT2D eigenvalue weighted by molar-refractivity contribution is 0.487. The molecule has 0 bridgehead atoms. The maximum absolute atomic E-state index is 14.1. The zero-order valence-corrected chi connectivity index (χ0v) is 19.2. The summed E-state index contributed by atoms with van der Waals surface area (Å²) < 4.78 is 57.9. The number of aryl methyl sites for hydroxylation is 1. The van der Waals surface area contributed by atoms with E-state index in [1.807, 2.05) is 4.68 Å². The number of hydrogen-bond donors (Lipinski definition) is 1. The molecule has 5 rings (SSSR count). The summed E-state index contributed by atoms with van der Waals surface area (Å²) in [6, 6.07) is 11.1. The van der Waals surface area contributed by atoms with Crippen LogP contribution in [0.25, 0.3) is 22.5 Å². The minimum Gasteiger partial charge on any atom is -0.279 e. The molecule has 0 saturated heterocycles. The Hall–Kier alpha value is -3.37. The normalized spacial score (nSPS) is 13.5. The molecule has 0 amide bonds. The van der Waals surface area contributed by atoms with Crippen molar-refractivity contribution in [2.45, 2.75) is 30.7 Å². The van der Waals surface area contributed by atoms with E-state index in [0.29, 0.717) is 17.0 Å². The van der Waals surface area contributed by atoms with Crippen molar-refractivity contribution in [1.29, 1.82) is 0 Å². The molecule has 0 radical (unpaired) electrons. The van der Waals surface area contributed by atoms with Gasteiger partial charge in [0.05, 0.1) is 5.69 Å². The van der Waals surface area contributed by atoms with Gasteiger partial charge in [0.2, 0.25) is 5.28 Å². The van der Waals surface area contributed by atoms with E-state index >= 15 is 0 Å². The molecule has 4 aromatic rings. The van der Waals surface area contributed by atoms with Crippen molar-refractivity contribution in [2.75, 3.05) is 4.72 Å². The summed E-state index contributed by atoms with van der Waals surface area (Å²) in [5, 5.41) is 4.87. The topological polar surface area (TPSA) is 89.8 Å². The number of rotatable bonds is 5. The van der Waals surface area contributed by atoms with Crippen LogP contribution in [0, 0.1) is 11.6 Å². The molecule has 0 saturated carbocycles. The molecule has 34 heavy (non-hydrogen) atoms. The average molecular weight is 502 g/mol. The van der Waals surface area contributed by atoms with Crippen LogP contribution in [0.1, 0.15) is 18.5 Å². The Morgan fingerprint density at radius 3 is 2.56 bits per heavy atom. The Bertz CT molecular complexity index is 1490. The number of nitrogens with one attached hydrogen (secondary N) is 1. The van der Waals surface area contributed by atoms with Gasteiger partial charge in [-0.2, -0.15) is 5.10 Å². The van der Waals surface area contributed by atoms with Crippen LogP contribution in [0.3, 0.4) is 0 Å².